The van der Waals surface area contributed by atoms with Gasteiger partial charge in [-0.3, -0.25) is 4.79 Å². The van der Waals surface area contributed by atoms with Gasteiger partial charge in [-0.1, -0.05) is 18.2 Å². The van der Waals surface area contributed by atoms with Crippen LogP contribution in [0, 0.1) is 11.3 Å². The number of rotatable bonds is 4. The Morgan fingerprint density at radius 2 is 1.91 bits per heavy atom. The Labute approximate surface area is 190 Å². The van der Waals surface area contributed by atoms with Gasteiger partial charge in [0.2, 0.25) is 0 Å². The van der Waals surface area contributed by atoms with E-state index < -0.39 is 15.1 Å². The fraction of sp³-hybridized carbons (Fsp3) is 0.167. The molecule has 3 heterocycles. The molecule has 1 aliphatic heterocycles. The molecule has 1 N–H and O–H groups in total. The monoisotopic (exact) mass is 457 g/mol. The van der Waals surface area contributed by atoms with Gasteiger partial charge in [-0.25, -0.2) is 18.4 Å². The van der Waals surface area contributed by atoms with Gasteiger partial charge in [-0.2, -0.15) is 5.26 Å². The molecule has 0 saturated carbocycles. The summed E-state index contributed by atoms with van der Waals surface area (Å²) in [5.41, 5.74) is 4.74. The number of aromatic amines is 1. The van der Waals surface area contributed by atoms with Crippen molar-refractivity contribution in [1.29, 1.82) is 5.26 Å². The number of amides is 1. The van der Waals surface area contributed by atoms with Crippen LogP contribution in [0.5, 0.6) is 0 Å². The van der Waals surface area contributed by atoms with Crippen LogP contribution in [0.25, 0.3) is 22.4 Å². The summed E-state index contributed by atoms with van der Waals surface area (Å²) in [6, 6.07) is 13.7. The zero-order valence-electron chi connectivity index (χ0n) is 17.9. The minimum Gasteiger partial charge on any atom is -0.343 e. The van der Waals surface area contributed by atoms with Gasteiger partial charge in [0, 0.05) is 17.3 Å². The minimum atomic E-state index is -3.36. The molecule has 0 unspecified atom stereocenters. The maximum Gasteiger partial charge on any atom is 0.259 e. The number of carbonyl (C=O) groups excluding carboxylic acids is 1. The van der Waals surface area contributed by atoms with E-state index in [9.17, 15) is 13.2 Å². The Bertz CT molecular complexity index is 1560. The van der Waals surface area contributed by atoms with E-state index in [0.29, 0.717) is 45.8 Å². The zero-order chi connectivity index (χ0) is 23.3. The predicted octanol–water partition coefficient (Wildman–Crippen LogP) is 3.84. The Morgan fingerprint density at radius 3 is 2.61 bits per heavy atom. The molecule has 33 heavy (non-hydrogen) atoms. The number of carbonyl (C=O) groups is 1. The van der Waals surface area contributed by atoms with Crippen LogP contribution in [-0.2, 0) is 16.4 Å². The number of H-pyrrole nitrogens is 1. The fourth-order valence-corrected chi connectivity index (χ4v) is 4.94. The second-order valence-electron chi connectivity index (χ2n) is 8.12. The van der Waals surface area contributed by atoms with Crippen LogP contribution in [0.3, 0.4) is 0 Å². The molecule has 0 fully saturated rings. The summed E-state index contributed by atoms with van der Waals surface area (Å²) in [5.74, 6) is -0.196. The SMILES string of the molecule is CC(C)S(=O)(=O)c1ccc(-c2cnc3[nH]cc(N4Cc5ccc(C#N)cc5C4=O)c3n2)cc1. The number of nitriles is 1. The molecule has 164 valence electrons. The molecule has 4 aromatic rings. The fourth-order valence-electron chi connectivity index (χ4n) is 3.88. The van der Waals surface area contributed by atoms with Crippen LogP contribution in [0.15, 0.2) is 59.8 Å². The Hall–Kier alpha value is -4.03. The Kier molecular flexibility index (Phi) is 4.76. The number of nitrogens with zero attached hydrogens (tertiary/aromatic N) is 4. The van der Waals surface area contributed by atoms with Crippen LogP contribution in [0.1, 0.15) is 35.3 Å². The number of nitrogens with one attached hydrogen (secondary N) is 1. The average molecular weight is 458 g/mol. The molecule has 0 spiro atoms. The Balaban J connectivity index is 1.52. The standard InChI is InChI=1S/C24H19N5O3S/c1-14(2)33(31,32)18-7-5-16(6-8-18)20-11-26-23-22(28-20)21(12-27-23)29-13-17-4-3-15(10-25)9-19(17)24(29)30/h3-9,11-12,14H,13H2,1-2H3,(H,26,27). The van der Waals surface area contributed by atoms with Gasteiger partial charge in [0.1, 0.15) is 5.52 Å². The van der Waals surface area contributed by atoms with Crippen LogP contribution >= 0.6 is 0 Å². The van der Waals surface area contributed by atoms with E-state index in [1.165, 1.54) is 0 Å². The summed E-state index contributed by atoms with van der Waals surface area (Å²) >= 11 is 0. The number of anilines is 1. The molecule has 2 aromatic heterocycles. The van der Waals surface area contributed by atoms with E-state index in [4.69, 9.17) is 10.2 Å². The average Bonchev–Trinajstić information content (AvgIpc) is 3.38. The maximum atomic E-state index is 13.0. The molecule has 2 aromatic carbocycles. The second kappa shape index (κ2) is 7.53. The van der Waals surface area contributed by atoms with Crippen LogP contribution < -0.4 is 4.90 Å². The quantitative estimate of drug-likeness (QED) is 0.497. The lowest BCUT2D eigenvalue weighted by atomic mass is 10.1. The second-order valence-corrected chi connectivity index (χ2v) is 10.6. The Morgan fingerprint density at radius 1 is 1.15 bits per heavy atom. The lowest BCUT2D eigenvalue weighted by molar-refractivity contribution is 0.0996. The van der Waals surface area contributed by atoms with Crippen LogP contribution in [0.2, 0.25) is 0 Å². The highest BCUT2D eigenvalue weighted by Crippen LogP contribution is 2.33. The molecule has 0 atom stereocenters. The number of hydrogen-bond donors (Lipinski definition) is 1. The number of fused-ring (bicyclic) bond motifs is 2. The third-order valence-electron chi connectivity index (χ3n) is 5.79. The van der Waals surface area contributed by atoms with Gasteiger partial charge in [-0.15, -0.1) is 0 Å². The molecule has 1 aliphatic rings. The third-order valence-corrected chi connectivity index (χ3v) is 7.96. The molecule has 0 radical (unpaired) electrons. The van der Waals surface area contributed by atoms with E-state index in [1.807, 2.05) is 0 Å². The minimum absolute atomic E-state index is 0.196. The molecule has 1 amide bonds. The molecular formula is C24H19N5O3S. The number of sulfone groups is 1. The van der Waals surface area contributed by atoms with Crippen LogP contribution in [0.4, 0.5) is 5.69 Å². The van der Waals surface area contributed by atoms with Gasteiger partial charge in [0.15, 0.2) is 15.5 Å². The lowest BCUT2D eigenvalue weighted by Gasteiger charge is -2.14. The summed E-state index contributed by atoms with van der Waals surface area (Å²) in [6.07, 6.45) is 3.30. The summed E-state index contributed by atoms with van der Waals surface area (Å²) in [6.45, 7) is 3.67. The first-order valence-electron chi connectivity index (χ1n) is 10.3. The lowest BCUT2D eigenvalue weighted by Crippen LogP contribution is -2.22. The normalized spacial score (nSPS) is 13.5. The summed E-state index contributed by atoms with van der Waals surface area (Å²) in [7, 11) is -3.36. The molecule has 9 heteroatoms. The first-order valence-corrected chi connectivity index (χ1v) is 11.9. The molecule has 0 bridgehead atoms. The summed E-state index contributed by atoms with van der Waals surface area (Å²) in [4.78, 5) is 27.1. The van der Waals surface area contributed by atoms with Gasteiger partial charge in [-0.05, 0) is 43.7 Å². The highest BCUT2D eigenvalue weighted by molar-refractivity contribution is 7.92. The summed E-state index contributed by atoms with van der Waals surface area (Å²) in [5, 5.41) is 8.64. The molecule has 8 nitrogen and oxygen atoms in total. The van der Waals surface area contributed by atoms with E-state index in [0.717, 1.165) is 5.56 Å². The molecule has 0 saturated heterocycles. The van der Waals surface area contributed by atoms with Gasteiger partial charge in [0.25, 0.3) is 5.91 Å². The number of aromatic nitrogens is 3. The van der Waals surface area contributed by atoms with Crippen molar-refractivity contribution >= 4 is 32.6 Å². The smallest absolute Gasteiger partial charge is 0.259 e. The first kappa shape index (κ1) is 20.8. The molecule has 5 rings (SSSR count). The number of benzene rings is 2. The van der Waals surface area contributed by atoms with Crippen LogP contribution in [-0.4, -0.2) is 34.5 Å². The van der Waals surface area contributed by atoms with Gasteiger partial charge < -0.3 is 9.88 Å². The van der Waals surface area contributed by atoms with Crippen molar-refractivity contribution in [2.75, 3.05) is 4.90 Å². The number of hydrogen-bond acceptors (Lipinski definition) is 6. The van der Waals surface area contributed by atoms with Gasteiger partial charge >= 0.3 is 0 Å². The van der Waals surface area contributed by atoms with Crippen molar-refractivity contribution in [2.24, 2.45) is 0 Å². The van der Waals surface area contributed by atoms with Crippen molar-refractivity contribution < 1.29 is 13.2 Å². The van der Waals surface area contributed by atoms with E-state index >= 15 is 0 Å². The highest BCUT2D eigenvalue weighted by atomic mass is 32.2. The summed E-state index contributed by atoms with van der Waals surface area (Å²) < 4.78 is 24.8. The van der Waals surface area contributed by atoms with E-state index in [2.05, 4.69) is 16.0 Å². The van der Waals surface area contributed by atoms with Crippen molar-refractivity contribution in [3.63, 3.8) is 0 Å². The van der Waals surface area contributed by atoms with Gasteiger partial charge in [0.05, 0.1) is 45.9 Å². The molecular weight excluding hydrogens is 438 g/mol. The zero-order valence-corrected chi connectivity index (χ0v) is 18.7. The first-order chi connectivity index (χ1) is 15.8. The van der Waals surface area contributed by atoms with Crippen molar-refractivity contribution in [3.05, 3.63) is 71.5 Å². The van der Waals surface area contributed by atoms with E-state index in [1.54, 1.807) is 73.6 Å². The largest absolute Gasteiger partial charge is 0.343 e. The van der Waals surface area contributed by atoms with Crippen molar-refractivity contribution in [3.8, 4) is 17.3 Å². The van der Waals surface area contributed by atoms with E-state index in [-0.39, 0.29) is 10.8 Å². The molecule has 0 aliphatic carbocycles. The maximum absolute atomic E-state index is 13.0. The topological polar surface area (TPSA) is 120 Å². The third kappa shape index (κ3) is 3.36. The predicted molar refractivity (Wildman–Crippen MR) is 123 cm³/mol. The van der Waals surface area contributed by atoms with Crippen molar-refractivity contribution in [2.45, 2.75) is 30.5 Å². The van der Waals surface area contributed by atoms with Crippen molar-refractivity contribution in [1.82, 2.24) is 15.0 Å². The highest BCUT2D eigenvalue weighted by Gasteiger charge is 2.31.